The Hall–Kier alpha value is -2.31. The molecule has 0 aliphatic rings. The Labute approximate surface area is 158 Å². The lowest BCUT2D eigenvalue weighted by Crippen LogP contribution is -2.20. The van der Waals surface area contributed by atoms with Gasteiger partial charge in [0.25, 0.3) is 0 Å². The van der Waals surface area contributed by atoms with Crippen LogP contribution in [0.4, 0.5) is 24.7 Å². The van der Waals surface area contributed by atoms with Gasteiger partial charge in [0.15, 0.2) is 5.82 Å². The zero-order valence-electron chi connectivity index (χ0n) is 16.2. The Bertz CT molecular complexity index is 749. The summed E-state index contributed by atoms with van der Waals surface area (Å²) in [7, 11) is 1.59. The summed E-state index contributed by atoms with van der Waals surface area (Å²) in [5, 5.41) is 0. The molecule has 0 saturated heterocycles. The summed E-state index contributed by atoms with van der Waals surface area (Å²) >= 11 is 0. The lowest BCUT2D eigenvalue weighted by molar-refractivity contribution is -0.137. The molecular formula is C20H26F3N3O. The van der Waals surface area contributed by atoms with Gasteiger partial charge in [0.05, 0.1) is 6.61 Å². The zero-order chi connectivity index (χ0) is 20.0. The van der Waals surface area contributed by atoms with Gasteiger partial charge in [-0.05, 0) is 30.4 Å². The molecule has 1 atom stereocenters. The van der Waals surface area contributed by atoms with E-state index in [1.165, 1.54) is 4.90 Å². The third-order valence-electron chi connectivity index (χ3n) is 4.54. The molecule has 0 aliphatic heterocycles. The largest absolute Gasteiger partial charge is 0.463 e. The number of aromatic nitrogens is 2. The van der Waals surface area contributed by atoms with Gasteiger partial charge in [0.2, 0.25) is 0 Å². The lowest BCUT2D eigenvalue weighted by Gasteiger charge is -2.26. The van der Waals surface area contributed by atoms with Crippen LogP contribution in [0.25, 0.3) is 0 Å². The van der Waals surface area contributed by atoms with E-state index >= 15 is 0 Å². The average molecular weight is 381 g/mol. The van der Waals surface area contributed by atoms with Gasteiger partial charge < -0.3 is 9.64 Å². The van der Waals surface area contributed by atoms with Crippen molar-refractivity contribution in [1.82, 2.24) is 9.97 Å². The van der Waals surface area contributed by atoms with Crippen LogP contribution in [0.1, 0.15) is 57.1 Å². The third kappa shape index (κ3) is 5.11. The molecule has 1 aromatic carbocycles. The number of nitrogens with zero attached hydrogens (tertiary/aromatic N) is 3. The summed E-state index contributed by atoms with van der Waals surface area (Å²) in [6.07, 6.45) is -1.18. The molecule has 2 aromatic rings. The number of unbranched alkanes of at least 4 members (excludes halogenated alkanes) is 1. The van der Waals surface area contributed by atoms with Gasteiger partial charge in [-0.3, -0.25) is 0 Å². The number of hydrogen-bond donors (Lipinski definition) is 0. The van der Waals surface area contributed by atoms with E-state index in [1.54, 1.807) is 13.1 Å². The van der Waals surface area contributed by atoms with Crippen molar-refractivity contribution in [3.8, 4) is 6.01 Å². The minimum Gasteiger partial charge on any atom is -0.463 e. The number of para-hydroxylation sites is 1. The predicted octanol–water partition coefficient (Wildman–Crippen LogP) is 5.96. The second kappa shape index (κ2) is 9.06. The number of benzene rings is 1. The van der Waals surface area contributed by atoms with E-state index in [0.29, 0.717) is 12.3 Å². The minimum atomic E-state index is -4.56. The molecule has 0 saturated carbocycles. The monoisotopic (exact) mass is 381 g/mol. The molecule has 7 heteroatoms. The topological polar surface area (TPSA) is 38.2 Å². The number of ether oxygens (including phenoxy) is 1. The van der Waals surface area contributed by atoms with E-state index < -0.39 is 11.7 Å². The lowest BCUT2D eigenvalue weighted by atomic mass is 9.96. The van der Waals surface area contributed by atoms with E-state index in [0.717, 1.165) is 31.0 Å². The Balaban J connectivity index is 2.49. The van der Waals surface area contributed by atoms with Gasteiger partial charge in [0.1, 0.15) is 5.56 Å². The number of hydrogen-bond acceptors (Lipinski definition) is 4. The van der Waals surface area contributed by atoms with Gasteiger partial charge in [0, 0.05) is 18.9 Å². The first kappa shape index (κ1) is 21.0. The van der Waals surface area contributed by atoms with Crippen molar-refractivity contribution >= 4 is 11.5 Å². The van der Waals surface area contributed by atoms with Gasteiger partial charge in [-0.1, -0.05) is 45.4 Å². The van der Waals surface area contributed by atoms with Crippen LogP contribution >= 0.6 is 0 Å². The number of halogens is 3. The summed E-state index contributed by atoms with van der Waals surface area (Å²) in [6.45, 7) is 6.47. The van der Waals surface area contributed by atoms with Crippen LogP contribution < -0.4 is 9.64 Å². The Morgan fingerprint density at radius 1 is 1.19 bits per heavy atom. The highest BCUT2D eigenvalue weighted by Crippen LogP contribution is 2.39. The maximum Gasteiger partial charge on any atom is 0.421 e. The minimum absolute atomic E-state index is 0.0423. The molecule has 0 fully saturated rings. The highest BCUT2D eigenvalue weighted by Gasteiger charge is 2.37. The van der Waals surface area contributed by atoms with E-state index in [-0.39, 0.29) is 17.7 Å². The fourth-order valence-corrected chi connectivity index (χ4v) is 2.73. The third-order valence-corrected chi connectivity index (χ3v) is 4.54. The standard InChI is InChI=1S/C20H26F3N3O/c1-5-7-12-27-19-24-13-16(20(21,22)23)18(25-19)26(4)17-11-9-8-10-15(17)14(3)6-2/h8-11,13-14H,5-7,12H2,1-4H3. The molecule has 0 amide bonds. The van der Waals surface area contributed by atoms with Crippen LogP contribution in [0.3, 0.4) is 0 Å². The summed E-state index contributed by atoms with van der Waals surface area (Å²) in [5.41, 5.74) is 0.782. The zero-order valence-corrected chi connectivity index (χ0v) is 16.2. The van der Waals surface area contributed by atoms with Crippen molar-refractivity contribution in [2.75, 3.05) is 18.6 Å². The average Bonchev–Trinajstić information content (AvgIpc) is 2.66. The Kier molecular flexibility index (Phi) is 7.05. The number of rotatable bonds is 8. The van der Waals surface area contributed by atoms with Crippen molar-refractivity contribution < 1.29 is 17.9 Å². The summed E-state index contributed by atoms with van der Waals surface area (Å²) in [5.74, 6) is -0.000139. The van der Waals surface area contributed by atoms with Crippen LogP contribution in [0.5, 0.6) is 6.01 Å². The Morgan fingerprint density at radius 3 is 2.52 bits per heavy atom. The molecule has 148 valence electrons. The maximum absolute atomic E-state index is 13.5. The fourth-order valence-electron chi connectivity index (χ4n) is 2.73. The molecule has 0 aliphatic carbocycles. The first-order valence-electron chi connectivity index (χ1n) is 9.19. The quantitative estimate of drug-likeness (QED) is 0.529. The van der Waals surface area contributed by atoms with Crippen LogP contribution in [0.2, 0.25) is 0 Å². The van der Waals surface area contributed by atoms with Crippen LogP contribution in [0, 0.1) is 0 Å². The highest BCUT2D eigenvalue weighted by molar-refractivity contribution is 5.66. The molecule has 1 aromatic heterocycles. The van der Waals surface area contributed by atoms with Crippen molar-refractivity contribution in [2.45, 2.75) is 52.1 Å². The van der Waals surface area contributed by atoms with Gasteiger partial charge in [-0.15, -0.1) is 0 Å². The second-order valence-corrected chi connectivity index (χ2v) is 6.52. The van der Waals surface area contributed by atoms with Crippen LogP contribution in [-0.2, 0) is 6.18 Å². The van der Waals surface area contributed by atoms with Gasteiger partial charge in [-0.25, -0.2) is 4.98 Å². The molecule has 0 spiro atoms. The molecule has 0 bridgehead atoms. The summed E-state index contributed by atoms with van der Waals surface area (Å²) < 4.78 is 46.0. The Morgan fingerprint density at radius 2 is 1.89 bits per heavy atom. The number of alkyl halides is 3. The van der Waals surface area contributed by atoms with E-state index in [1.807, 2.05) is 32.0 Å². The van der Waals surface area contributed by atoms with Crippen molar-refractivity contribution in [3.05, 3.63) is 41.6 Å². The summed E-state index contributed by atoms with van der Waals surface area (Å²) in [4.78, 5) is 9.30. The molecule has 4 nitrogen and oxygen atoms in total. The maximum atomic E-state index is 13.5. The molecule has 1 unspecified atom stereocenters. The van der Waals surface area contributed by atoms with E-state index in [4.69, 9.17) is 4.74 Å². The number of anilines is 2. The van der Waals surface area contributed by atoms with E-state index in [2.05, 4.69) is 16.9 Å². The second-order valence-electron chi connectivity index (χ2n) is 6.52. The van der Waals surface area contributed by atoms with E-state index in [9.17, 15) is 13.2 Å². The van der Waals surface area contributed by atoms with Crippen molar-refractivity contribution in [2.24, 2.45) is 0 Å². The van der Waals surface area contributed by atoms with Crippen LogP contribution in [0.15, 0.2) is 30.5 Å². The molecule has 27 heavy (non-hydrogen) atoms. The molecule has 1 heterocycles. The first-order valence-corrected chi connectivity index (χ1v) is 9.19. The predicted molar refractivity (Wildman–Crippen MR) is 101 cm³/mol. The normalized spacial score (nSPS) is 12.7. The van der Waals surface area contributed by atoms with Crippen LogP contribution in [-0.4, -0.2) is 23.6 Å². The van der Waals surface area contributed by atoms with Gasteiger partial charge >= 0.3 is 12.2 Å². The molecular weight excluding hydrogens is 355 g/mol. The molecule has 2 rings (SSSR count). The fraction of sp³-hybridized carbons (Fsp3) is 0.500. The van der Waals surface area contributed by atoms with Crippen molar-refractivity contribution in [3.63, 3.8) is 0 Å². The molecule has 0 radical (unpaired) electrons. The van der Waals surface area contributed by atoms with Gasteiger partial charge in [-0.2, -0.15) is 18.2 Å². The first-order chi connectivity index (χ1) is 12.8. The molecule has 0 N–H and O–H groups in total. The SMILES string of the molecule is CCCCOc1ncc(C(F)(F)F)c(N(C)c2ccccc2C(C)CC)n1. The smallest absolute Gasteiger partial charge is 0.421 e. The van der Waals surface area contributed by atoms with Crippen molar-refractivity contribution in [1.29, 1.82) is 0 Å². The highest BCUT2D eigenvalue weighted by atomic mass is 19.4. The summed E-state index contributed by atoms with van der Waals surface area (Å²) in [6, 6.07) is 7.40.